The summed E-state index contributed by atoms with van der Waals surface area (Å²) in [5, 5.41) is 9.19. The summed E-state index contributed by atoms with van der Waals surface area (Å²) in [6, 6.07) is 6.72. The van der Waals surface area contributed by atoms with Gasteiger partial charge in [0.05, 0.1) is 5.92 Å². The van der Waals surface area contributed by atoms with Gasteiger partial charge in [-0.1, -0.05) is 12.1 Å². The second-order valence-electron chi connectivity index (χ2n) is 3.21. The van der Waals surface area contributed by atoms with Crippen LogP contribution in [0.5, 0.6) is 5.75 Å². The van der Waals surface area contributed by atoms with Gasteiger partial charge in [-0.2, -0.15) is 0 Å². The number of benzene rings is 1. The summed E-state index contributed by atoms with van der Waals surface area (Å²) < 4.78 is 0. The van der Waals surface area contributed by atoms with Crippen LogP contribution in [-0.2, 0) is 11.2 Å². The molecule has 1 unspecified atom stereocenters. The molecule has 0 fully saturated rings. The van der Waals surface area contributed by atoms with Crippen LogP contribution in [0.2, 0.25) is 0 Å². The SMILES string of the molecule is NCC(Cc1cccc(O)c1)C(N)=O. The molecule has 0 aliphatic carbocycles. The Labute approximate surface area is 82.5 Å². The molecule has 0 spiro atoms. The van der Waals surface area contributed by atoms with E-state index in [1.54, 1.807) is 18.2 Å². The van der Waals surface area contributed by atoms with Gasteiger partial charge < -0.3 is 16.6 Å². The number of carbonyl (C=O) groups is 1. The van der Waals surface area contributed by atoms with E-state index >= 15 is 0 Å². The molecule has 5 N–H and O–H groups in total. The molecule has 14 heavy (non-hydrogen) atoms. The average molecular weight is 194 g/mol. The first-order chi connectivity index (χ1) is 6.63. The van der Waals surface area contributed by atoms with Crippen molar-refractivity contribution in [1.29, 1.82) is 0 Å². The lowest BCUT2D eigenvalue weighted by Gasteiger charge is -2.10. The summed E-state index contributed by atoms with van der Waals surface area (Å²) in [5.41, 5.74) is 11.4. The van der Waals surface area contributed by atoms with Gasteiger partial charge in [0.2, 0.25) is 5.91 Å². The van der Waals surface area contributed by atoms with Crippen molar-refractivity contribution in [3.63, 3.8) is 0 Å². The quantitative estimate of drug-likeness (QED) is 0.630. The van der Waals surface area contributed by atoms with Gasteiger partial charge in [0.1, 0.15) is 5.75 Å². The van der Waals surface area contributed by atoms with Gasteiger partial charge in [-0.3, -0.25) is 4.79 Å². The third-order valence-corrected chi connectivity index (χ3v) is 2.08. The molecule has 0 aromatic heterocycles. The van der Waals surface area contributed by atoms with Crippen LogP contribution in [0.15, 0.2) is 24.3 Å². The number of rotatable bonds is 4. The zero-order valence-electron chi connectivity index (χ0n) is 7.81. The van der Waals surface area contributed by atoms with Crippen LogP contribution in [0.4, 0.5) is 0 Å². The number of phenols is 1. The standard InChI is InChI=1S/C10H14N2O2/c11-6-8(10(12)14)4-7-2-1-3-9(13)5-7/h1-3,5,8,13H,4,6,11H2,(H2,12,14). The fourth-order valence-electron chi connectivity index (χ4n) is 1.27. The van der Waals surface area contributed by atoms with Crippen LogP contribution in [-0.4, -0.2) is 17.6 Å². The van der Waals surface area contributed by atoms with Crippen molar-refractivity contribution in [3.8, 4) is 5.75 Å². The predicted octanol–water partition coefficient (Wildman–Crippen LogP) is -0.00510. The van der Waals surface area contributed by atoms with E-state index in [1.165, 1.54) is 0 Å². The molecule has 1 amide bonds. The molecule has 4 heteroatoms. The van der Waals surface area contributed by atoms with Gasteiger partial charge in [-0.05, 0) is 24.1 Å². The molecule has 0 aliphatic heterocycles. The Bertz CT molecular complexity index is 326. The second-order valence-corrected chi connectivity index (χ2v) is 3.21. The highest BCUT2D eigenvalue weighted by molar-refractivity contribution is 5.77. The van der Waals surface area contributed by atoms with Crippen molar-refractivity contribution in [2.24, 2.45) is 17.4 Å². The molecule has 1 aromatic carbocycles. The van der Waals surface area contributed by atoms with Crippen molar-refractivity contribution in [2.45, 2.75) is 6.42 Å². The van der Waals surface area contributed by atoms with Gasteiger partial charge >= 0.3 is 0 Å². The van der Waals surface area contributed by atoms with E-state index < -0.39 is 5.91 Å². The summed E-state index contributed by atoms with van der Waals surface area (Å²) in [6.45, 7) is 0.227. The van der Waals surface area contributed by atoms with Gasteiger partial charge in [-0.25, -0.2) is 0 Å². The number of primary amides is 1. The molecular weight excluding hydrogens is 180 g/mol. The molecular formula is C10H14N2O2. The lowest BCUT2D eigenvalue weighted by Crippen LogP contribution is -2.31. The van der Waals surface area contributed by atoms with Gasteiger partial charge in [0, 0.05) is 6.54 Å². The number of nitrogens with two attached hydrogens (primary N) is 2. The third kappa shape index (κ3) is 2.74. The zero-order chi connectivity index (χ0) is 10.6. The normalized spacial score (nSPS) is 12.4. The molecule has 1 rings (SSSR count). The first-order valence-corrected chi connectivity index (χ1v) is 4.40. The van der Waals surface area contributed by atoms with E-state index in [-0.39, 0.29) is 18.2 Å². The zero-order valence-corrected chi connectivity index (χ0v) is 7.81. The lowest BCUT2D eigenvalue weighted by molar-refractivity contribution is -0.121. The van der Waals surface area contributed by atoms with Crippen LogP contribution in [0, 0.1) is 5.92 Å². The second kappa shape index (κ2) is 4.62. The first-order valence-electron chi connectivity index (χ1n) is 4.40. The summed E-state index contributed by atoms with van der Waals surface area (Å²) in [4.78, 5) is 10.9. The highest BCUT2D eigenvalue weighted by Crippen LogP contribution is 2.14. The fraction of sp³-hybridized carbons (Fsp3) is 0.300. The number of amides is 1. The Morgan fingerprint density at radius 1 is 1.50 bits per heavy atom. The van der Waals surface area contributed by atoms with E-state index in [4.69, 9.17) is 11.5 Å². The van der Waals surface area contributed by atoms with E-state index in [0.717, 1.165) is 5.56 Å². The van der Waals surface area contributed by atoms with Crippen LogP contribution >= 0.6 is 0 Å². The molecule has 1 aromatic rings. The Balaban J connectivity index is 2.72. The summed E-state index contributed by atoms with van der Waals surface area (Å²) in [6.07, 6.45) is 0.472. The molecule has 0 heterocycles. The lowest BCUT2D eigenvalue weighted by atomic mass is 9.99. The van der Waals surface area contributed by atoms with E-state index in [9.17, 15) is 9.90 Å². The highest BCUT2D eigenvalue weighted by atomic mass is 16.3. The van der Waals surface area contributed by atoms with Crippen LogP contribution in [0.1, 0.15) is 5.56 Å². The van der Waals surface area contributed by atoms with Crippen LogP contribution in [0.3, 0.4) is 0 Å². The van der Waals surface area contributed by atoms with Crippen LogP contribution in [0.25, 0.3) is 0 Å². The van der Waals surface area contributed by atoms with Gasteiger partial charge in [0.15, 0.2) is 0 Å². The Kier molecular flexibility index (Phi) is 3.48. The fourth-order valence-corrected chi connectivity index (χ4v) is 1.27. The highest BCUT2D eigenvalue weighted by Gasteiger charge is 2.13. The number of hydrogen-bond acceptors (Lipinski definition) is 3. The molecule has 0 radical (unpaired) electrons. The summed E-state index contributed by atoms with van der Waals surface area (Å²) >= 11 is 0. The minimum absolute atomic E-state index is 0.183. The van der Waals surface area contributed by atoms with E-state index in [0.29, 0.717) is 6.42 Å². The molecule has 0 saturated carbocycles. The molecule has 0 aliphatic rings. The Morgan fingerprint density at radius 2 is 2.21 bits per heavy atom. The molecule has 76 valence electrons. The minimum atomic E-state index is -0.407. The Hall–Kier alpha value is -1.55. The number of hydrogen-bond donors (Lipinski definition) is 3. The number of carbonyl (C=O) groups excluding carboxylic acids is 1. The maximum Gasteiger partial charge on any atom is 0.222 e. The molecule has 0 bridgehead atoms. The number of aromatic hydroxyl groups is 1. The van der Waals surface area contributed by atoms with Crippen molar-refractivity contribution < 1.29 is 9.90 Å². The van der Waals surface area contributed by atoms with Crippen molar-refractivity contribution >= 4 is 5.91 Å². The smallest absolute Gasteiger partial charge is 0.222 e. The maximum atomic E-state index is 10.9. The third-order valence-electron chi connectivity index (χ3n) is 2.08. The van der Waals surface area contributed by atoms with Gasteiger partial charge in [0.25, 0.3) is 0 Å². The topological polar surface area (TPSA) is 89.3 Å². The van der Waals surface area contributed by atoms with Crippen LogP contribution < -0.4 is 11.5 Å². The molecule has 1 atom stereocenters. The summed E-state index contributed by atoms with van der Waals surface area (Å²) in [7, 11) is 0. The number of phenolic OH excluding ortho intramolecular Hbond substituents is 1. The molecule has 4 nitrogen and oxygen atoms in total. The summed E-state index contributed by atoms with van der Waals surface area (Å²) in [5.74, 6) is -0.588. The molecule has 0 saturated heterocycles. The predicted molar refractivity (Wildman–Crippen MR) is 53.5 cm³/mol. The van der Waals surface area contributed by atoms with Crippen molar-refractivity contribution in [2.75, 3.05) is 6.54 Å². The van der Waals surface area contributed by atoms with E-state index in [2.05, 4.69) is 0 Å². The maximum absolute atomic E-state index is 10.9. The largest absolute Gasteiger partial charge is 0.508 e. The monoisotopic (exact) mass is 194 g/mol. The van der Waals surface area contributed by atoms with Gasteiger partial charge in [-0.15, -0.1) is 0 Å². The van der Waals surface area contributed by atoms with Crippen molar-refractivity contribution in [1.82, 2.24) is 0 Å². The average Bonchev–Trinajstić information content (AvgIpc) is 2.14. The van der Waals surface area contributed by atoms with E-state index in [1.807, 2.05) is 6.07 Å². The minimum Gasteiger partial charge on any atom is -0.508 e. The first kappa shape index (κ1) is 10.5. The van der Waals surface area contributed by atoms with Crippen molar-refractivity contribution in [3.05, 3.63) is 29.8 Å². The Morgan fingerprint density at radius 3 is 2.71 bits per heavy atom.